The third-order valence-corrected chi connectivity index (χ3v) is 3.29. The highest BCUT2D eigenvalue weighted by molar-refractivity contribution is 6.00. The van der Waals surface area contributed by atoms with E-state index in [4.69, 9.17) is 10.5 Å². The molecule has 0 spiro atoms. The van der Waals surface area contributed by atoms with Gasteiger partial charge in [0.25, 0.3) is 0 Å². The van der Waals surface area contributed by atoms with Crippen LogP contribution in [-0.4, -0.2) is 23.1 Å². The number of hydrogen-bond donors (Lipinski definition) is 2. The Bertz CT molecular complexity index is 444. The first-order valence-electron chi connectivity index (χ1n) is 6.15. The summed E-state index contributed by atoms with van der Waals surface area (Å²) < 4.78 is 5.11. The average Bonchev–Trinajstić information content (AvgIpc) is 2.38. The standard InChI is InChI=1S/C14H19NO4/c1-3-14(10(2)15,12(16)17)13(18)19-9-11-7-5-4-6-8-11/h4-8,10H,3,9,15H2,1-2H3,(H,16,17)/t10-,14+/m1/s1. The van der Waals surface area contributed by atoms with Crippen LogP contribution in [-0.2, 0) is 20.9 Å². The third kappa shape index (κ3) is 3.12. The largest absolute Gasteiger partial charge is 0.480 e. The van der Waals surface area contributed by atoms with Crippen molar-refractivity contribution in [1.29, 1.82) is 0 Å². The van der Waals surface area contributed by atoms with Gasteiger partial charge in [-0.15, -0.1) is 0 Å². The molecule has 0 aliphatic carbocycles. The molecule has 0 amide bonds. The summed E-state index contributed by atoms with van der Waals surface area (Å²) in [5, 5.41) is 9.28. The van der Waals surface area contributed by atoms with Gasteiger partial charge in [-0.2, -0.15) is 0 Å². The number of ether oxygens (including phenoxy) is 1. The van der Waals surface area contributed by atoms with E-state index in [1.54, 1.807) is 19.1 Å². The summed E-state index contributed by atoms with van der Waals surface area (Å²) >= 11 is 0. The fourth-order valence-corrected chi connectivity index (χ4v) is 1.94. The highest BCUT2D eigenvalue weighted by atomic mass is 16.5. The van der Waals surface area contributed by atoms with Gasteiger partial charge in [-0.3, -0.25) is 9.59 Å². The van der Waals surface area contributed by atoms with E-state index in [2.05, 4.69) is 0 Å². The molecule has 19 heavy (non-hydrogen) atoms. The van der Waals surface area contributed by atoms with Crippen LogP contribution in [0.1, 0.15) is 25.8 Å². The molecule has 0 unspecified atom stereocenters. The zero-order valence-corrected chi connectivity index (χ0v) is 11.1. The molecule has 0 bridgehead atoms. The number of aliphatic carboxylic acids is 1. The minimum atomic E-state index is -1.69. The Morgan fingerprint density at radius 1 is 1.37 bits per heavy atom. The van der Waals surface area contributed by atoms with E-state index < -0.39 is 23.4 Å². The minimum Gasteiger partial charge on any atom is -0.480 e. The second-order valence-electron chi connectivity index (χ2n) is 4.48. The van der Waals surface area contributed by atoms with Crippen LogP contribution in [0, 0.1) is 5.41 Å². The van der Waals surface area contributed by atoms with E-state index in [-0.39, 0.29) is 13.0 Å². The normalized spacial score (nSPS) is 15.3. The Morgan fingerprint density at radius 2 is 1.95 bits per heavy atom. The zero-order chi connectivity index (χ0) is 14.5. The zero-order valence-electron chi connectivity index (χ0n) is 11.1. The SMILES string of the molecule is CC[C@](C(=O)O)(C(=O)OCc1ccccc1)[C@@H](C)N. The lowest BCUT2D eigenvalue weighted by Gasteiger charge is -2.29. The molecule has 5 heteroatoms. The molecular weight excluding hydrogens is 246 g/mol. The van der Waals surface area contributed by atoms with Gasteiger partial charge in [0.1, 0.15) is 6.61 Å². The average molecular weight is 265 g/mol. The van der Waals surface area contributed by atoms with Crippen molar-refractivity contribution in [2.75, 3.05) is 0 Å². The second kappa shape index (κ2) is 6.33. The molecule has 3 N–H and O–H groups in total. The van der Waals surface area contributed by atoms with Crippen LogP contribution in [0.15, 0.2) is 30.3 Å². The maximum Gasteiger partial charge on any atom is 0.325 e. The van der Waals surface area contributed by atoms with Crippen LogP contribution in [0.4, 0.5) is 0 Å². The summed E-state index contributed by atoms with van der Waals surface area (Å²) in [5.74, 6) is -2.04. The van der Waals surface area contributed by atoms with E-state index in [0.717, 1.165) is 5.56 Å². The molecule has 1 rings (SSSR count). The Kier molecular flexibility index (Phi) is 5.06. The third-order valence-electron chi connectivity index (χ3n) is 3.29. The second-order valence-corrected chi connectivity index (χ2v) is 4.48. The van der Waals surface area contributed by atoms with Crippen LogP contribution in [0.25, 0.3) is 0 Å². The molecule has 0 radical (unpaired) electrons. The molecule has 104 valence electrons. The van der Waals surface area contributed by atoms with Crippen molar-refractivity contribution in [3.05, 3.63) is 35.9 Å². The Labute approximate surface area is 112 Å². The molecular formula is C14H19NO4. The maximum atomic E-state index is 12.1. The number of carbonyl (C=O) groups is 2. The molecule has 0 fully saturated rings. The van der Waals surface area contributed by atoms with Gasteiger partial charge >= 0.3 is 11.9 Å². The van der Waals surface area contributed by atoms with Gasteiger partial charge in [0.15, 0.2) is 5.41 Å². The van der Waals surface area contributed by atoms with Crippen molar-refractivity contribution in [3.8, 4) is 0 Å². The number of nitrogens with two attached hydrogens (primary N) is 1. The van der Waals surface area contributed by atoms with Crippen LogP contribution in [0.3, 0.4) is 0 Å². The first-order chi connectivity index (χ1) is 8.95. The summed E-state index contributed by atoms with van der Waals surface area (Å²) in [4.78, 5) is 23.4. The molecule has 0 aliphatic rings. The van der Waals surface area contributed by atoms with Gasteiger partial charge in [-0.25, -0.2) is 0 Å². The summed E-state index contributed by atoms with van der Waals surface area (Å²) in [6, 6.07) is 8.26. The Balaban J connectivity index is 2.82. The quantitative estimate of drug-likeness (QED) is 0.601. The van der Waals surface area contributed by atoms with Crippen LogP contribution < -0.4 is 5.73 Å². The lowest BCUT2D eigenvalue weighted by Crippen LogP contribution is -2.52. The summed E-state index contributed by atoms with van der Waals surface area (Å²) in [6.45, 7) is 3.16. The highest BCUT2D eigenvalue weighted by Crippen LogP contribution is 2.28. The van der Waals surface area contributed by atoms with Gasteiger partial charge in [-0.05, 0) is 18.9 Å². The lowest BCUT2D eigenvalue weighted by molar-refractivity contribution is -0.171. The van der Waals surface area contributed by atoms with Crippen LogP contribution >= 0.6 is 0 Å². The lowest BCUT2D eigenvalue weighted by atomic mass is 9.79. The van der Waals surface area contributed by atoms with Crippen molar-refractivity contribution in [2.24, 2.45) is 11.1 Å². The first-order valence-corrected chi connectivity index (χ1v) is 6.15. The van der Waals surface area contributed by atoms with E-state index in [1.165, 1.54) is 6.92 Å². The molecule has 1 aromatic rings. The maximum absolute atomic E-state index is 12.1. The molecule has 0 heterocycles. The van der Waals surface area contributed by atoms with Crippen molar-refractivity contribution in [1.82, 2.24) is 0 Å². The summed E-state index contributed by atoms with van der Waals surface area (Å²) in [6.07, 6.45) is 0.0909. The molecule has 0 aromatic heterocycles. The topological polar surface area (TPSA) is 89.6 Å². The van der Waals surface area contributed by atoms with Gasteiger partial charge < -0.3 is 15.6 Å². The number of carboxylic acid groups (broad SMARTS) is 1. The van der Waals surface area contributed by atoms with Crippen molar-refractivity contribution < 1.29 is 19.4 Å². The molecule has 5 nitrogen and oxygen atoms in total. The molecule has 1 aromatic carbocycles. The summed E-state index contributed by atoms with van der Waals surface area (Å²) in [5.41, 5.74) is 4.79. The molecule has 0 saturated carbocycles. The molecule has 0 aliphatic heterocycles. The predicted molar refractivity (Wildman–Crippen MR) is 70.2 cm³/mol. The van der Waals surface area contributed by atoms with Crippen molar-refractivity contribution in [2.45, 2.75) is 32.9 Å². The number of carboxylic acids is 1. The fourth-order valence-electron chi connectivity index (χ4n) is 1.94. The van der Waals surface area contributed by atoms with Crippen LogP contribution in [0.2, 0.25) is 0 Å². The van der Waals surface area contributed by atoms with Gasteiger partial charge in [0.2, 0.25) is 0 Å². The Hall–Kier alpha value is -1.88. The van der Waals surface area contributed by atoms with Crippen LogP contribution in [0.5, 0.6) is 0 Å². The Morgan fingerprint density at radius 3 is 2.37 bits per heavy atom. The van der Waals surface area contributed by atoms with Gasteiger partial charge in [0.05, 0.1) is 0 Å². The first kappa shape index (κ1) is 15.2. The van der Waals surface area contributed by atoms with Gasteiger partial charge in [-0.1, -0.05) is 37.3 Å². The van der Waals surface area contributed by atoms with Crippen molar-refractivity contribution in [3.63, 3.8) is 0 Å². The van der Waals surface area contributed by atoms with E-state index in [9.17, 15) is 14.7 Å². The van der Waals surface area contributed by atoms with Gasteiger partial charge in [0, 0.05) is 6.04 Å². The number of rotatable bonds is 6. The molecule has 2 atom stereocenters. The minimum absolute atomic E-state index is 0.0431. The number of hydrogen-bond acceptors (Lipinski definition) is 4. The number of carbonyl (C=O) groups excluding carboxylic acids is 1. The van der Waals surface area contributed by atoms with E-state index in [0.29, 0.717) is 0 Å². The smallest absolute Gasteiger partial charge is 0.325 e. The molecule has 0 saturated heterocycles. The van der Waals surface area contributed by atoms with E-state index >= 15 is 0 Å². The highest BCUT2D eigenvalue weighted by Gasteiger charge is 2.49. The van der Waals surface area contributed by atoms with Crippen molar-refractivity contribution >= 4 is 11.9 Å². The summed E-state index contributed by atoms with van der Waals surface area (Å²) in [7, 11) is 0. The monoisotopic (exact) mass is 265 g/mol. The number of esters is 1. The fraction of sp³-hybridized carbons (Fsp3) is 0.429. The number of benzene rings is 1. The van der Waals surface area contributed by atoms with E-state index in [1.807, 2.05) is 18.2 Å². The predicted octanol–water partition coefficient (Wildman–Crippen LogP) is 1.56.